The normalized spacial score (nSPS) is 26.9. The van der Waals surface area contributed by atoms with Gasteiger partial charge in [0.1, 0.15) is 6.26 Å². The summed E-state index contributed by atoms with van der Waals surface area (Å²) in [7, 11) is 0. The van der Waals surface area contributed by atoms with Gasteiger partial charge in [0.2, 0.25) is 11.8 Å². The molecule has 6 heteroatoms. The van der Waals surface area contributed by atoms with Gasteiger partial charge in [0.25, 0.3) is 0 Å². The Bertz CT molecular complexity index is 806. The standard InChI is InChI=1S/C21H27N3O2.ClH/c1-12-6-7-17(10-18(12)21-23-13(2)11-26-21)24-20(25)16-8-14-4-3-5-15(9-16)19(14)22;/h6-7,10-11,14-16,19H,3-5,8-9,22H2,1-2H3,(H,24,25);1H. The Morgan fingerprint density at radius 1 is 1.22 bits per heavy atom. The zero-order valence-electron chi connectivity index (χ0n) is 15.9. The first-order valence-electron chi connectivity index (χ1n) is 9.61. The number of fused-ring (bicyclic) bond motifs is 2. The molecule has 2 bridgehead atoms. The van der Waals surface area contributed by atoms with Crippen molar-refractivity contribution in [2.45, 2.75) is 52.0 Å². The second-order valence-electron chi connectivity index (χ2n) is 8.01. The van der Waals surface area contributed by atoms with Gasteiger partial charge in [-0.25, -0.2) is 4.98 Å². The minimum Gasteiger partial charge on any atom is -0.444 e. The molecular weight excluding hydrogens is 362 g/mol. The number of carbonyl (C=O) groups is 1. The molecule has 2 saturated carbocycles. The van der Waals surface area contributed by atoms with Crippen LogP contribution in [0.15, 0.2) is 28.9 Å². The fourth-order valence-electron chi connectivity index (χ4n) is 4.66. The fourth-order valence-corrected chi connectivity index (χ4v) is 4.66. The van der Waals surface area contributed by atoms with Crippen molar-refractivity contribution in [2.24, 2.45) is 23.5 Å². The summed E-state index contributed by atoms with van der Waals surface area (Å²) in [5, 5.41) is 3.11. The maximum atomic E-state index is 12.9. The van der Waals surface area contributed by atoms with Gasteiger partial charge in [0.05, 0.1) is 5.69 Å². The summed E-state index contributed by atoms with van der Waals surface area (Å²) in [4.78, 5) is 17.3. The third-order valence-electron chi connectivity index (χ3n) is 6.14. The summed E-state index contributed by atoms with van der Waals surface area (Å²) < 4.78 is 5.53. The number of amides is 1. The van der Waals surface area contributed by atoms with Crippen molar-refractivity contribution < 1.29 is 9.21 Å². The van der Waals surface area contributed by atoms with E-state index in [0.29, 0.717) is 17.7 Å². The molecule has 2 aliphatic rings. The summed E-state index contributed by atoms with van der Waals surface area (Å²) in [5.74, 6) is 1.78. The molecule has 5 nitrogen and oxygen atoms in total. The van der Waals surface area contributed by atoms with E-state index < -0.39 is 0 Å². The summed E-state index contributed by atoms with van der Waals surface area (Å²) in [6, 6.07) is 6.18. The fraction of sp³-hybridized carbons (Fsp3) is 0.524. The molecule has 1 aromatic heterocycles. The highest BCUT2D eigenvalue weighted by Crippen LogP contribution is 2.42. The van der Waals surface area contributed by atoms with Crippen LogP contribution in [0.3, 0.4) is 0 Å². The third kappa shape index (κ3) is 4.04. The molecule has 27 heavy (non-hydrogen) atoms. The predicted octanol–water partition coefficient (Wildman–Crippen LogP) is 4.47. The van der Waals surface area contributed by atoms with Crippen molar-refractivity contribution in [2.75, 3.05) is 5.32 Å². The lowest BCUT2D eigenvalue weighted by atomic mass is 9.65. The number of aryl methyl sites for hydroxylation is 2. The van der Waals surface area contributed by atoms with Crippen LogP contribution in [0.25, 0.3) is 11.5 Å². The van der Waals surface area contributed by atoms with E-state index >= 15 is 0 Å². The van der Waals surface area contributed by atoms with E-state index in [2.05, 4.69) is 10.3 Å². The summed E-state index contributed by atoms with van der Waals surface area (Å²) in [5.41, 5.74) is 9.98. The number of anilines is 1. The number of hydrogen-bond acceptors (Lipinski definition) is 4. The number of halogens is 1. The number of nitrogens with two attached hydrogens (primary N) is 1. The second-order valence-corrected chi connectivity index (χ2v) is 8.01. The molecule has 3 N–H and O–H groups in total. The Hall–Kier alpha value is -1.85. The van der Waals surface area contributed by atoms with Crippen LogP contribution in [0.2, 0.25) is 0 Å². The molecule has 1 heterocycles. The highest BCUT2D eigenvalue weighted by atomic mass is 35.5. The summed E-state index contributed by atoms with van der Waals surface area (Å²) in [6.07, 6.45) is 7.07. The van der Waals surface area contributed by atoms with Gasteiger partial charge >= 0.3 is 0 Å². The molecule has 2 unspecified atom stereocenters. The van der Waals surface area contributed by atoms with Gasteiger partial charge in [-0.3, -0.25) is 4.79 Å². The molecule has 2 aromatic rings. The smallest absolute Gasteiger partial charge is 0.227 e. The van der Waals surface area contributed by atoms with Crippen LogP contribution in [-0.4, -0.2) is 16.9 Å². The van der Waals surface area contributed by atoms with Crippen LogP contribution < -0.4 is 11.1 Å². The van der Waals surface area contributed by atoms with Gasteiger partial charge in [-0.15, -0.1) is 12.4 Å². The molecule has 146 valence electrons. The van der Waals surface area contributed by atoms with Crippen LogP contribution >= 0.6 is 12.4 Å². The molecule has 0 spiro atoms. The zero-order valence-corrected chi connectivity index (χ0v) is 16.7. The summed E-state index contributed by atoms with van der Waals surface area (Å²) in [6.45, 7) is 3.92. The quantitative estimate of drug-likeness (QED) is 0.811. The topological polar surface area (TPSA) is 81.2 Å². The molecular formula is C21H28ClN3O2. The average Bonchev–Trinajstić information content (AvgIpc) is 3.02. The van der Waals surface area contributed by atoms with Crippen molar-refractivity contribution in [3.05, 3.63) is 35.7 Å². The lowest BCUT2D eigenvalue weighted by molar-refractivity contribution is -0.122. The molecule has 1 amide bonds. The van der Waals surface area contributed by atoms with E-state index in [-0.39, 0.29) is 30.3 Å². The molecule has 2 fully saturated rings. The Labute approximate surface area is 166 Å². The maximum Gasteiger partial charge on any atom is 0.227 e. The summed E-state index contributed by atoms with van der Waals surface area (Å²) >= 11 is 0. The minimum atomic E-state index is 0. The molecule has 2 aliphatic carbocycles. The molecule has 0 radical (unpaired) electrons. The van der Waals surface area contributed by atoms with Crippen LogP contribution in [0, 0.1) is 31.6 Å². The van der Waals surface area contributed by atoms with Crippen molar-refractivity contribution in [1.82, 2.24) is 4.98 Å². The van der Waals surface area contributed by atoms with Crippen LogP contribution in [0.4, 0.5) is 5.69 Å². The lowest BCUT2D eigenvalue weighted by Gasteiger charge is -2.43. The Morgan fingerprint density at radius 3 is 2.56 bits per heavy atom. The SMILES string of the molecule is Cc1coc(-c2cc(NC(=O)C3CC4CCCC(C3)C4N)ccc2C)n1.Cl. The van der Waals surface area contributed by atoms with E-state index in [4.69, 9.17) is 10.2 Å². The van der Waals surface area contributed by atoms with E-state index in [1.165, 1.54) is 19.3 Å². The van der Waals surface area contributed by atoms with Crippen LogP contribution in [0.5, 0.6) is 0 Å². The van der Waals surface area contributed by atoms with Crippen LogP contribution in [0.1, 0.15) is 43.4 Å². The number of rotatable bonds is 3. The number of carbonyl (C=O) groups excluding carboxylic acids is 1. The number of benzene rings is 1. The Morgan fingerprint density at radius 2 is 1.93 bits per heavy atom. The van der Waals surface area contributed by atoms with Crippen molar-refractivity contribution in [3.8, 4) is 11.5 Å². The Kier molecular flexibility index (Phi) is 5.92. The number of hydrogen-bond donors (Lipinski definition) is 2. The Balaban J connectivity index is 0.00000210. The minimum absolute atomic E-state index is 0. The second kappa shape index (κ2) is 8.03. The average molecular weight is 390 g/mol. The lowest BCUT2D eigenvalue weighted by Crippen LogP contribution is -2.48. The first-order valence-corrected chi connectivity index (χ1v) is 9.61. The zero-order chi connectivity index (χ0) is 18.3. The molecule has 0 aliphatic heterocycles. The highest BCUT2D eigenvalue weighted by Gasteiger charge is 2.40. The van der Waals surface area contributed by atoms with Gasteiger partial charge in [-0.2, -0.15) is 0 Å². The van der Waals surface area contributed by atoms with Crippen LogP contribution in [-0.2, 0) is 4.79 Å². The van der Waals surface area contributed by atoms with Crippen molar-refractivity contribution in [3.63, 3.8) is 0 Å². The highest BCUT2D eigenvalue weighted by molar-refractivity contribution is 5.93. The first-order chi connectivity index (χ1) is 12.5. The van der Waals surface area contributed by atoms with Gasteiger partial charge in [-0.05, 0) is 69.1 Å². The van der Waals surface area contributed by atoms with Gasteiger partial charge < -0.3 is 15.5 Å². The largest absolute Gasteiger partial charge is 0.444 e. The predicted molar refractivity (Wildman–Crippen MR) is 109 cm³/mol. The van der Waals surface area contributed by atoms with E-state index in [0.717, 1.165) is 35.3 Å². The van der Waals surface area contributed by atoms with Crippen molar-refractivity contribution >= 4 is 24.0 Å². The van der Waals surface area contributed by atoms with E-state index in [1.807, 2.05) is 32.0 Å². The first kappa shape index (κ1) is 19.9. The monoisotopic (exact) mass is 389 g/mol. The van der Waals surface area contributed by atoms with Crippen molar-refractivity contribution in [1.29, 1.82) is 0 Å². The number of oxazole rings is 1. The van der Waals surface area contributed by atoms with Gasteiger partial charge in [-0.1, -0.05) is 12.5 Å². The van der Waals surface area contributed by atoms with E-state index in [1.54, 1.807) is 6.26 Å². The molecule has 0 saturated heterocycles. The maximum absolute atomic E-state index is 12.9. The molecule has 2 atom stereocenters. The number of nitrogens with zero attached hydrogens (tertiary/aromatic N) is 1. The molecule has 4 rings (SSSR count). The number of nitrogens with one attached hydrogen (secondary N) is 1. The molecule has 1 aromatic carbocycles. The van der Waals surface area contributed by atoms with Gasteiger partial charge in [0.15, 0.2) is 0 Å². The van der Waals surface area contributed by atoms with E-state index in [9.17, 15) is 4.79 Å². The number of aromatic nitrogens is 1. The van der Waals surface area contributed by atoms with Gasteiger partial charge in [0, 0.05) is 23.2 Å². The third-order valence-corrected chi connectivity index (χ3v) is 6.14.